The van der Waals surface area contributed by atoms with E-state index in [2.05, 4.69) is 0 Å². The van der Waals surface area contributed by atoms with Gasteiger partial charge in [-0.2, -0.15) is 0 Å². The van der Waals surface area contributed by atoms with Gasteiger partial charge in [-0.15, -0.1) is 0 Å². The minimum absolute atomic E-state index is 0.0870. The van der Waals surface area contributed by atoms with Crippen LogP contribution in [0.1, 0.15) is 47.8 Å². The second-order valence-electron chi connectivity index (χ2n) is 8.33. The number of benzene rings is 3. The number of rotatable bonds is 4. The molecule has 0 aliphatic carbocycles. The standard InChI is InChI=1S/C25H21ClFNO3/c1-24(2,27)16-7-9-17(10-8-16)25(3)20-14-18(26)11-12-21(20)28(23(25)31)19-6-4-5-15(13-19)22(29)30/h4-14H,1-3H3,(H,29,30). The third kappa shape index (κ3) is 3.39. The number of anilines is 2. The summed E-state index contributed by atoms with van der Waals surface area (Å²) in [5, 5.41) is 9.86. The lowest BCUT2D eigenvalue weighted by Crippen LogP contribution is -2.37. The number of alkyl halides is 1. The van der Waals surface area contributed by atoms with E-state index >= 15 is 0 Å². The number of carbonyl (C=O) groups excluding carboxylic acids is 1. The van der Waals surface area contributed by atoms with Gasteiger partial charge in [0.15, 0.2) is 0 Å². The van der Waals surface area contributed by atoms with Crippen molar-refractivity contribution in [1.82, 2.24) is 0 Å². The second-order valence-corrected chi connectivity index (χ2v) is 8.77. The Morgan fingerprint density at radius 1 is 1.06 bits per heavy atom. The molecule has 3 aromatic rings. The monoisotopic (exact) mass is 437 g/mol. The molecule has 0 aromatic heterocycles. The highest BCUT2D eigenvalue weighted by atomic mass is 35.5. The normalized spacial score (nSPS) is 18.2. The van der Waals surface area contributed by atoms with Gasteiger partial charge in [-0.3, -0.25) is 9.69 Å². The van der Waals surface area contributed by atoms with Crippen molar-refractivity contribution >= 4 is 34.9 Å². The molecule has 1 aliphatic heterocycles. The van der Waals surface area contributed by atoms with Crippen molar-refractivity contribution in [1.29, 1.82) is 0 Å². The van der Waals surface area contributed by atoms with E-state index in [1.165, 1.54) is 30.9 Å². The van der Waals surface area contributed by atoms with Crippen LogP contribution in [0, 0.1) is 0 Å². The molecule has 3 aromatic carbocycles. The molecular formula is C25H21ClFNO3. The Morgan fingerprint density at radius 3 is 2.35 bits per heavy atom. The molecular weight excluding hydrogens is 417 g/mol. The molecule has 0 radical (unpaired) electrons. The summed E-state index contributed by atoms with van der Waals surface area (Å²) in [4.78, 5) is 26.8. The Labute approximate surface area is 184 Å². The number of carbonyl (C=O) groups is 2. The molecule has 0 saturated carbocycles. The Balaban J connectivity index is 1.89. The summed E-state index contributed by atoms with van der Waals surface area (Å²) in [6.45, 7) is 4.77. The van der Waals surface area contributed by atoms with E-state index in [1.807, 2.05) is 0 Å². The topological polar surface area (TPSA) is 57.6 Å². The van der Waals surface area contributed by atoms with Crippen LogP contribution in [0.3, 0.4) is 0 Å². The van der Waals surface area contributed by atoms with E-state index in [4.69, 9.17) is 11.6 Å². The molecule has 1 atom stereocenters. The molecule has 4 nitrogen and oxygen atoms in total. The molecule has 0 fully saturated rings. The van der Waals surface area contributed by atoms with Crippen LogP contribution in [0.4, 0.5) is 15.8 Å². The fourth-order valence-electron chi connectivity index (χ4n) is 4.07. The second kappa shape index (κ2) is 7.20. The van der Waals surface area contributed by atoms with Crippen LogP contribution in [-0.4, -0.2) is 17.0 Å². The maximum atomic E-state index is 14.3. The quantitative estimate of drug-likeness (QED) is 0.526. The highest BCUT2D eigenvalue weighted by Crippen LogP contribution is 2.50. The number of carboxylic acids is 1. The van der Waals surface area contributed by atoms with E-state index in [1.54, 1.807) is 61.5 Å². The lowest BCUT2D eigenvalue weighted by molar-refractivity contribution is -0.120. The third-order valence-corrected chi connectivity index (χ3v) is 6.10. The van der Waals surface area contributed by atoms with Crippen LogP contribution < -0.4 is 4.90 Å². The van der Waals surface area contributed by atoms with Crippen molar-refractivity contribution in [3.63, 3.8) is 0 Å². The summed E-state index contributed by atoms with van der Waals surface area (Å²) < 4.78 is 14.3. The number of hydrogen-bond acceptors (Lipinski definition) is 2. The van der Waals surface area contributed by atoms with Gasteiger partial charge in [0.05, 0.1) is 16.7 Å². The maximum Gasteiger partial charge on any atom is 0.335 e. The van der Waals surface area contributed by atoms with E-state index in [0.717, 1.165) is 0 Å². The molecule has 4 rings (SSSR count). The molecule has 158 valence electrons. The van der Waals surface area contributed by atoms with E-state index in [-0.39, 0.29) is 11.5 Å². The molecule has 0 saturated heterocycles. The molecule has 0 spiro atoms. The summed E-state index contributed by atoms with van der Waals surface area (Å²) in [6, 6.07) is 18.4. The van der Waals surface area contributed by atoms with Crippen molar-refractivity contribution in [2.24, 2.45) is 0 Å². The van der Waals surface area contributed by atoms with Crippen molar-refractivity contribution in [3.8, 4) is 0 Å². The van der Waals surface area contributed by atoms with Gasteiger partial charge in [-0.05, 0) is 73.9 Å². The SMILES string of the molecule is CC(C)(F)c1ccc(C2(C)C(=O)N(c3cccc(C(=O)O)c3)c3ccc(Cl)cc32)cc1. The van der Waals surface area contributed by atoms with Crippen LogP contribution in [-0.2, 0) is 15.9 Å². The van der Waals surface area contributed by atoms with Crippen LogP contribution in [0.25, 0.3) is 0 Å². The van der Waals surface area contributed by atoms with Crippen LogP contribution in [0.15, 0.2) is 66.7 Å². The summed E-state index contributed by atoms with van der Waals surface area (Å²) in [5.41, 5.74) is 0.533. The number of hydrogen-bond donors (Lipinski definition) is 1. The molecule has 1 aliphatic rings. The molecule has 1 amide bonds. The summed E-state index contributed by atoms with van der Waals surface area (Å²) >= 11 is 6.27. The van der Waals surface area contributed by atoms with Gasteiger partial charge in [0.2, 0.25) is 5.91 Å². The average Bonchev–Trinajstić information content (AvgIpc) is 2.95. The van der Waals surface area contributed by atoms with Gasteiger partial charge in [0, 0.05) is 10.7 Å². The van der Waals surface area contributed by atoms with Crippen molar-refractivity contribution in [2.75, 3.05) is 4.90 Å². The van der Waals surface area contributed by atoms with Gasteiger partial charge >= 0.3 is 5.97 Å². The number of amides is 1. The van der Waals surface area contributed by atoms with Crippen molar-refractivity contribution < 1.29 is 19.1 Å². The van der Waals surface area contributed by atoms with Gasteiger partial charge < -0.3 is 5.11 Å². The fourth-order valence-corrected chi connectivity index (χ4v) is 4.24. The largest absolute Gasteiger partial charge is 0.478 e. The van der Waals surface area contributed by atoms with Crippen molar-refractivity contribution in [3.05, 3.63) is 94.0 Å². The van der Waals surface area contributed by atoms with Crippen molar-refractivity contribution in [2.45, 2.75) is 31.9 Å². The molecule has 1 heterocycles. The molecule has 6 heteroatoms. The van der Waals surface area contributed by atoms with E-state index in [0.29, 0.717) is 33.1 Å². The predicted octanol–water partition coefficient (Wildman–Crippen LogP) is 6.23. The van der Waals surface area contributed by atoms with Crippen LogP contribution >= 0.6 is 11.6 Å². The number of halogens is 2. The number of carboxylic acid groups (broad SMARTS) is 1. The maximum absolute atomic E-state index is 14.3. The zero-order chi connectivity index (χ0) is 22.6. The van der Waals surface area contributed by atoms with Crippen LogP contribution in [0.2, 0.25) is 5.02 Å². The summed E-state index contributed by atoms with van der Waals surface area (Å²) in [6.07, 6.45) is 0. The number of nitrogens with zero attached hydrogens (tertiary/aromatic N) is 1. The van der Waals surface area contributed by atoms with Gasteiger partial charge in [0.1, 0.15) is 5.67 Å². The predicted molar refractivity (Wildman–Crippen MR) is 119 cm³/mol. The number of aromatic carboxylic acids is 1. The Morgan fingerprint density at radius 2 is 1.74 bits per heavy atom. The van der Waals surface area contributed by atoms with E-state index < -0.39 is 17.1 Å². The first-order valence-electron chi connectivity index (χ1n) is 9.81. The number of fused-ring (bicyclic) bond motifs is 1. The Hall–Kier alpha value is -3.18. The average molecular weight is 438 g/mol. The smallest absolute Gasteiger partial charge is 0.335 e. The highest BCUT2D eigenvalue weighted by Gasteiger charge is 2.49. The highest BCUT2D eigenvalue weighted by molar-refractivity contribution is 6.31. The Bertz CT molecular complexity index is 1200. The lowest BCUT2D eigenvalue weighted by Gasteiger charge is -2.26. The van der Waals surface area contributed by atoms with Gasteiger partial charge in [-0.25, -0.2) is 9.18 Å². The molecule has 0 bridgehead atoms. The zero-order valence-electron chi connectivity index (χ0n) is 17.3. The summed E-state index contributed by atoms with van der Waals surface area (Å²) in [7, 11) is 0. The molecule has 1 N–H and O–H groups in total. The third-order valence-electron chi connectivity index (χ3n) is 5.87. The first kappa shape index (κ1) is 21.1. The first-order chi connectivity index (χ1) is 14.5. The van der Waals surface area contributed by atoms with Gasteiger partial charge in [-0.1, -0.05) is 41.9 Å². The minimum atomic E-state index is -1.50. The van der Waals surface area contributed by atoms with E-state index in [9.17, 15) is 19.1 Å². The first-order valence-corrected chi connectivity index (χ1v) is 10.2. The minimum Gasteiger partial charge on any atom is -0.478 e. The van der Waals surface area contributed by atoms with Gasteiger partial charge in [0.25, 0.3) is 0 Å². The lowest BCUT2D eigenvalue weighted by atomic mass is 9.76. The summed E-state index contributed by atoms with van der Waals surface area (Å²) in [5.74, 6) is -1.31. The molecule has 1 unspecified atom stereocenters. The molecule has 31 heavy (non-hydrogen) atoms. The van der Waals surface area contributed by atoms with Crippen LogP contribution in [0.5, 0.6) is 0 Å². The zero-order valence-corrected chi connectivity index (χ0v) is 18.1. The Kier molecular flexibility index (Phi) is 4.90. The fraction of sp³-hybridized carbons (Fsp3) is 0.200.